The van der Waals surface area contributed by atoms with Crippen molar-refractivity contribution in [3.05, 3.63) is 28.5 Å². The smallest absolute Gasteiger partial charge is 0.139 e. The van der Waals surface area contributed by atoms with Gasteiger partial charge in [0.25, 0.3) is 0 Å². The first-order valence-electron chi connectivity index (χ1n) is 3.75. The van der Waals surface area contributed by atoms with Crippen LogP contribution < -0.4 is 0 Å². The summed E-state index contributed by atoms with van der Waals surface area (Å²) in [5, 5.41) is 1.21. The molecule has 0 aliphatic rings. The second-order valence-electron chi connectivity index (χ2n) is 2.95. The van der Waals surface area contributed by atoms with Crippen molar-refractivity contribution in [3.63, 3.8) is 0 Å². The fraction of sp³-hybridized carbons (Fsp3) is 0.222. The third-order valence-electron chi connectivity index (χ3n) is 1.98. The second kappa shape index (κ2) is 2.59. The molecule has 12 heavy (non-hydrogen) atoms. The summed E-state index contributed by atoms with van der Waals surface area (Å²) in [6, 6.07) is 2.09. The topological polar surface area (TPSA) is 17.8 Å². The van der Waals surface area contributed by atoms with E-state index < -0.39 is 0 Å². The average Bonchev–Trinajstić information content (AvgIpc) is 2.28. The molecule has 2 heterocycles. The molecule has 0 aromatic carbocycles. The predicted molar refractivity (Wildman–Crippen MR) is 53.2 cm³/mol. The quantitative estimate of drug-likeness (QED) is 0.673. The van der Waals surface area contributed by atoms with Crippen molar-refractivity contribution in [2.24, 2.45) is 7.05 Å². The van der Waals surface area contributed by atoms with Gasteiger partial charge in [0, 0.05) is 29.3 Å². The maximum absolute atomic E-state index is 4.32. The van der Waals surface area contributed by atoms with E-state index in [9.17, 15) is 0 Å². The number of hydrogen-bond acceptors (Lipinski definition) is 1. The molecule has 2 rings (SSSR count). The van der Waals surface area contributed by atoms with Gasteiger partial charge in [-0.2, -0.15) is 0 Å². The van der Waals surface area contributed by atoms with E-state index in [-0.39, 0.29) is 0 Å². The molecule has 0 aliphatic heterocycles. The van der Waals surface area contributed by atoms with E-state index in [0.717, 1.165) is 10.1 Å². The van der Waals surface area contributed by atoms with E-state index in [0.29, 0.717) is 0 Å². The summed E-state index contributed by atoms with van der Waals surface area (Å²) in [5.74, 6) is 0. The molecule has 62 valence electrons. The lowest BCUT2D eigenvalue weighted by Gasteiger charge is -1.94. The van der Waals surface area contributed by atoms with Gasteiger partial charge in [0.2, 0.25) is 0 Å². The van der Waals surface area contributed by atoms with Crippen LogP contribution in [-0.4, -0.2) is 9.55 Å². The first-order valence-corrected chi connectivity index (χ1v) is 4.55. The highest BCUT2D eigenvalue weighted by Gasteiger charge is 2.03. The zero-order chi connectivity index (χ0) is 8.72. The normalized spacial score (nSPS) is 10.9. The van der Waals surface area contributed by atoms with Crippen LogP contribution >= 0.6 is 15.9 Å². The van der Waals surface area contributed by atoms with E-state index >= 15 is 0 Å². The zero-order valence-corrected chi connectivity index (χ0v) is 8.59. The van der Waals surface area contributed by atoms with Gasteiger partial charge in [-0.05, 0) is 34.5 Å². The Hall–Kier alpha value is -0.830. The molecule has 0 saturated carbocycles. The van der Waals surface area contributed by atoms with Gasteiger partial charge >= 0.3 is 0 Å². The number of nitrogens with zero attached hydrogens (tertiary/aromatic N) is 2. The van der Waals surface area contributed by atoms with E-state index in [4.69, 9.17) is 0 Å². The highest BCUT2D eigenvalue weighted by atomic mass is 79.9. The molecule has 0 unspecified atom stereocenters. The number of fused-ring (bicyclic) bond motifs is 1. The summed E-state index contributed by atoms with van der Waals surface area (Å²) in [4.78, 5) is 4.32. The van der Waals surface area contributed by atoms with Crippen LogP contribution in [0.1, 0.15) is 5.56 Å². The highest BCUT2D eigenvalue weighted by molar-refractivity contribution is 9.10. The maximum Gasteiger partial charge on any atom is 0.139 e. The van der Waals surface area contributed by atoms with Crippen LogP contribution in [0.5, 0.6) is 0 Å². The fourth-order valence-electron chi connectivity index (χ4n) is 1.42. The molecule has 0 radical (unpaired) electrons. The Bertz CT molecular complexity index is 431. The molecule has 2 aromatic heterocycles. The van der Waals surface area contributed by atoms with Gasteiger partial charge in [-0.25, -0.2) is 4.98 Å². The van der Waals surface area contributed by atoms with Crippen LogP contribution in [0.2, 0.25) is 0 Å². The van der Waals surface area contributed by atoms with Crippen molar-refractivity contribution in [2.75, 3.05) is 0 Å². The zero-order valence-electron chi connectivity index (χ0n) is 7.00. The molecular formula is C9H9BrN2. The molecule has 0 aliphatic carbocycles. The lowest BCUT2D eigenvalue weighted by molar-refractivity contribution is 0.944. The van der Waals surface area contributed by atoms with Gasteiger partial charge in [0.15, 0.2) is 0 Å². The number of aromatic nitrogens is 2. The minimum atomic E-state index is 1.03. The van der Waals surface area contributed by atoms with Crippen molar-refractivity contribution in [3.8, 4) is 0 Å². The van der Waals surface area contributed by atoms with Crippen molar-refractivity contribution in [2.45, 2.75) is 6.92 Å². The summed E-state index contributed by atoms with van der Waals surface area (Å²) < 4.78 is 3.07. The van der Waals surface area contributed by atoms with Gasteiger partial charge in [-0.15, -0.1) is 0 Å². The lowest BCUT2D eigenvalue weighted by atomic mass is 10.2. The van der Waals surface area contributed by atoms with Crippen LogP contribution in [0.25, 0.3) is 11.0 Å². The summed E-state index contributed by atoms with van der Waals surface area (Å²) in [7, 11) is 2.01. The fourth-order valence-corrected chi connectivity index (χ4v) is 1.76. The summed E-state index contributed by atoms with van der Waals surface area (Å²) in [5.41, 5.74) is 2.30. The molecule has 2 aromatic rings. The van der Waals surface area contributed by atoms with E-state index in [1.807, 2.05) is 17.8 Å². The van der Waals surface area contributed by atoms with Gasteiger partial charge in [0.05, 0.1) is 0 Å². The molecule has 0 amide bonds. The Morgan fingerprint density at radius 2 is 2.25 bits per heavy atom. The maximum atomic E-state index is 4.32. The van der Waals surface area contributed by atoms with Gasteiger partial charge in [-0.3, -0.25) is 0 Å². The van der Waals surface area contributed by atoms with Gasteiger partial charge in [0.1, 0.15) is 5.65 Å². The lowest BCUT2D eigenvalue weighted by Crippen LogP contribution is -1.86. The average molecular weight is 225 g/mol. The number of hydrogen-bond donors (Lipinski definition) is 0. The Morgan fingerprint density at radius 1 is 1.50 bits per heavy atom. The first-order chi connectivity index (χ1) is 5.68. The molecule has 0 fully saturated rings. The Balaban J connectivity index is 2.90. The summed E-state index contributed by atoms with van der Waals surface area (Å²) in [6.45, 7) is 2.09. The van der Waals surface area contributed by atoms with Gasteiger partial charge < -0.3 is 4.57 Å². The molecule has 0 saturated heterocycles. The number of rotatable bonds is 0. The van der Waals surface area contributed by atoms with Crippen LogP contribution in [-0.2, 0) is 7.05 Å². The summed E-state index contributed by atoms with van der Waals surface area (Å²) >= 11 is 3.40. The monoisotopic (exact) mass is 224 g/mol. The van der Waals surface area contributed by atoms with E-state index in [1.54, 1.807) is 0 Å². The van der Waals surface area contributed by atoms with Crippen LogP contribution in [0.15, 0.2) is 22.9 Å². The SMILES string of the molecule is Cc1cn(C)c2ncc(Br)cc12. The Kier molecular flexibility index (Phi) is 1.68. The molecule has 0 bridgehead atoms. The van der Waals surface area contributed by atoms with Crippen molar-refractivity contribution < 1.29 is 0 Å². The Labute approximate surface area is 79.3 Å². The third-order valence-corrected chi connectivity index (χ3v) is 2.41. The van der Waals surface area contributed by atoms with Crippen molar-refractivity contribution >= 4 is 27.0 Å². The van der Waals surface area contributed by atoms with Crippen LogP contribution in [0.4, 0.5) is 0 Å². The van der Waals surface area contributed by atoms with E-state index in [1.165, 1.54) is 10.9 Å². The summed E-state index contributed by atoms with van der Waals surface area (Å²) in [6.07, 6.45) is 3.91. The Morgan fingerprint density at radius 3 is 3.00 bits per heavy atom. The highest BCUT2D eigenvalue weighted by Crippen LogP contribution is 2.21. The molecule has 0 spiro atoms. The molecule has 0 atom stereocenters. The number of aryl methyl sites for hydroxylation is 2. The second-order valence-corrected chi connectivity index (χ2v) is 3.86. The molecule has 0 N–H and O–H groups in total. The predicted octanol–water partition coefficient (Wildman–Crippen LogP) is 2.64. The number of pyridine rings is 1. The molecular weight excluding hydrogens is 216 g/mol. The molecule has 2 nitrogen and oxygen atoms in total. The van der Waals surface area contributed by atoms with Crippen LogP contribution in [0, 0.1) is 6.92 Å². The largest absolute Gasteiger partial charge is 0.335 e. The molecule has 3 heteroatoms. The number of halogens is 1. The van der Waals surface area contributed by atoms with Crippen molar-refractivity contribution in [1.29, 1.82) is 0 Å². The third kappa shape index (κ3) is 1.05. The minimum absolute atomic E-state index is 1.03. The van der Waals surface area contributed by atoms with Crippen LogP contribution in [0.3, 0.4) is 0 Å². The van der Waals surface area contributed by atoms with Gasteiger partial charge in [-0.1, -0.05) is 0 Å². The standard InChI is InChI=1S/C9H9BrN2/c1-6-5-12(2)9-8(6)3-7(10)4-11-9/h3-5H,1-2H3. The van der Waals surface area contributed by atoms with E-state index in [2.05, 4.69) is 40.1 Å². The first kappa shape index (κ1) is 7.80. The minimum Gasteiger partial charge on any atom is -0.335 e. The van der Waals surface area contributed by atoms with Crippen molar-refractivity contribution in [1.82, 2.24) is 9.55 Å².